The van der Waals surface area contributed by atoms with Crippen LogP contribution in [0.15, 0.2) is 46.3 Å². The topological polar surface area (TPSA) is 42.0 Å². The van der Waals surface area contributed by atoms with Gasteiger partial charge >= 0.3 is 0 Å². The summed E-state index contributed by atoms with van der Waals surface area (Å²) in [6, 6.07) is 14.1. The smallest absolute Gasteiger partial charge is 0.252 e. The summed E-state index contributed by atoms with van der Waals surface area (Å²) < 4.78 is 1.06. The maximum Gasteiger partial charge on any atom is 0.252 e. The molecule has 1 fully saturated rings. The van der Waals surface area contributed by atoms with E-state index in [2.05, 4.69) is 35.1 Å². The Morgan fingerprint density at radius 2 is 2.00 bits per heavy atom. The maximum absolute atomic E-state index is 13.2. The Labute approximate surface area is 172 Å². The number of carbonyl (C=O) groups excluding carboxylic acids is 1. The molecule has 2 aromatic heterocycles. The number of aromatic nitrogens is 1. The lowest BCUT2D eigenvalue weighted by molar-refractivity contribution is 0.0892. The minimum atomic E-state index is 0.0106. The molecule has 1 amide bonds. The lowest BCUT2D eigenvalue weighted by Gasteiger charge is -2.34. The van der Waals surface area contributed by atoms with Crippen LogP contribution in [0.1, 0.15) is 43.5 Å². The van der Waals surface area contributed by atoms with Crippen LogP contribution in [0.3, 0.4) is 0 Å². The normalized spacial score (nSPS) is 22.7. The lowest BCUT2D eigenvalue weighted by atomic mass is 9.78. The number of benzene rings is 1. The number of carbonyl (C=O) groups is 1. The Kier molecular flexibility index (Phi) is 5.33. The molecule has 3 aromatic rings. The Balaban J connectivity index is 1.72. The van der Waals surface area contributed by atoms with E-state index >= 15 is 0 Å². The van der Waals surface area contributed by atoms with Crippen molar-refractivity contribution in [2.75, 3.05) is 0 Å². The minimum absolute atomic E-state index is 0.0106. The van der Waals surface area contributed by atoms with Gasteiger partial charge in [0.05, 0.1) is 25.4 Å². The summed E-state index contributed by atoms with van der Waals surface area (Å²) in [4.78, 5) is 19.1. The molecule has 0 bridgehead atoms. The number of nitrogens with zero attached hydrogens (tertiary/aromatic N) is 1. The van der Waals surface area contributed by atoms with Gasteiger partial charge in [-0.05, 0) is 58.5 Å². The standard InChI is InChI=1S/C22H23BrN2OS/c1-13-6-5-9-17(14(13)2)25-22(26)16-12-19(20-10-11-21(23)27-20)24-18-8-4-3-7-15(16)18/h3-4,7-8,10-14,17H,5-6,9H2,1-2H3,(H,25,26). The summed E-state index contributed by atoms with van der Waals surface area (Å²) >= 11 is 5.14. The zero-order valence-electron chi connectivity index (χ0n) is 15.5. The van der Waals surface area contributed by atoms with Gasteiger partial charge in [-0.25, -0.2) is 4.98 Å². The number of para-hydroxylation sites is 1. The van der Waals surface area contributed by atoms with E-state index < -0.39 is 0 Å². The molecule has 0 aliphatic heterocycles. The van der Waals surface area contributed by atoms with Crippen LogP contribution < -0.4 is 5.32 Å². The molecule has 0 spiro atoms. The van der Waals surface area contributed by atoms with Gasteiger partial charge < -0.3 is 5.32 Å². The molecular weight excluding hydrogens is 420 g/mol. The average molecular weight is 443 g/mol. The number of hydrogen-bond donors (Lipinski definition) is 1. The summed E-state index contributed by atoms with van der Waals surface area (Å²) in [5.41, 5.74) is 2.42. The third-order valence-electron chi connectivity index (χ3n) is 5.81. The van der Waals surface area contributed by atoms with E-state index in [-0.39, 0.29) is 11.9 Å². The summed E-state index contributed by atoms with van der Waals surface area (Å²) in [6.07, 6.45) is 3.50. The first kappa shape index (κ1) is 18.6. The minimum Gasteiger partial charge on any atom is -0.349 e. The van der Waals surface area contributed by atoms with Gasteiger partial charge in [-0.3, -0.25) is 4.79 Å². The van der Waals surface area contributed by atoms with E-state index in [9.17, 15) is 4.79 Å². The van der Waals surface area contributed by atoms with Crippen molar-refractivity contribution in [3.05, 3.63) is 51.8 Å². The Hall–Kier alpha value is -1.72. The number of nitrogens with one attached hydrogen (secondary N) is 1. The summed E-state index contributed by atoms with van der Waals surface area (Å²) in [5, 5.41) is 4.23. The summed E-state index contributed by atoms with van der Waals surface area (Å²) in [7, 11) is 0. The van der Waals surface area contributed by atoms with Crippen molar-refractivity contribution < 1.29 is 4.79 Å². The second-order valence-corrected chi connectivity index (χ2v) is 9.99. The van der Waals surface area contributed by atoms with Crippen molar-refractivity contribution in [2.45, 2.75) is 39.2 Å². The largest absolute Gasteiger partial charge is 0.349 e. The van der Waals surface area contributed by atoms with Crippen LogP contribution in [0, 0.1) is 11.8 Å². The first-order valence-corrected chi connectivity index (χ1v) is 11.1. The highest BCUT2D eigenvalue weighted by molar-refractivity contribution is 9.11. The molecule has 1 aromatic carbocycles. The van der Waals surface area contributed by atoms with E-state index in [0.29, 0.717) is 17.4 Å². The van der Waals surface area contributed by atoms with E-state index in [1.807, 2.05) is 42.5 Å². The van der Waals surface area contributed by atoms with Crippen molar-refractivity contribution in [3.63, 3.8) is 0 Å². The molecule has 27 heavy (non-hydrogen) atoms. The van der Waals surface area contributed by atoms with Crippen molar-refractivity contribution in [3.8, 4) is 10.6 Å². The Morgan fingerprint density at radius 3 is 2.78 bits per heavy atom. The molecule has 5 heteroatoms. The number of pyridine rings is 1. The average Bonchev–Trinajstić information content (AvgIpc) is 3.11. The van der Waals surface area contributed by atoms with Crippen molar-refractivity contribution in [2.24, 2.45) is 11.8 Å². The van der Waals surface area contributed by atoms with Crippen LogP contribution in [-0.4, -0.2) is 16.9 Å². The van der Waals surface area contributed by atoms with Gasteiger partial charge in [0.2, 0.25) is 0 Å². The quantitative estimate of drug-likeness (QED) is 0.518. The van der Waals surface area contributed by atoms with Crippen molar-refractivity contribution >= 4 is 44.1 Å². The fourth-order valence-corrected chi connectivity index (χ4v) is 5.32. The molecule has 1 aliphatic carbocycles. The van der Waals surface area contributed by atoms with Crippen LogP contribution in [-0.2, 0) is 0 Å². The lowest BCUT2D eigenvalue weighted by Crippen LogP contribution is -2.43. The van der Waals surface area contributed by atoms with Crippen molar-refractivity contribution in [1.82, 2.24) is 10.3 Å². The van der Waals surface area contributed by atoms with E-state index in [4.69, 9.17) is 4.98 Å². The van der Waals surface area contributed by atoms with E-state index in [1.54, 1.807) is 11.3 Å². The first-order valence-electron chi connectivity index (χ1n) is 9.49. The number of halogens is 1. The zero-order chi connectivity index (χ0) is 19.0. The van der Waals surface area contributed by atoms with Gasteiger partial charge in [-0.1, -0.05) is 44.9 Å². The second kappa shape index (κ2) is 7.72. The molecule has 140 valence electrons. The molecular formula is C22H23BrN2OS. The molecule has 2 heterocycles. The van der Waals surface area contributed by atoms with E-state index in [0.717, 1.165) is 31.7 Å². The zero-order valence-corrected chi connectivity index (χ0v) is 17.9. The highest BCUT2D eigenvalue weighted by Crippen LogP contribution is 2.33. The van der Waals surface area contributed by atoms with Gasteiger partial charge in [0.1, 0.15) is 0 Å². The molecule has 3 unspecified atom stereocenters. The summed E-state index contributed by atoms with van der Waals surface area (Å²) in [5.74, 6) is 1.16. The molecule has 0 radical (unpaired) electrons. The third kappa shape index (κ3) is 3.81. The van der Waals surface area contributed by atoms with Gasteiger partial charge in [0, 0.05) is 11.4 Å². The van der Waals surface area contributed by atoms with Crippen LogP contribution in [0.5, 0.6) is 0 Å². The monoisotopic (exact) mass is 442 g/mol. The van der Waals surface area contributed by atoms with Gasteiger partial charge in [0.15, 0.2) is 0 Å². The molecule has 1 saturated carbocycles. The Morgan fingerprint density at radius 1 is 1.19 bits per heavy atom. The van der Waals surface area contributed by atoms with Gasteiger partial charge in [-0.15, -0.1) is 11.3 Å². The third-order valence-corrected chi connectivity index (χ3v) is 7.46. The Bertz CT molecular complexity index is 983. The van der Waals surface area contributed by atoms with Gasteiger partial charge in [-0.2, -0.15) is 0 Å². The van der Waals surface area contributed by atoms with Gasteiger partial charge in [0.25, 0.3) is 5.91 Å². The number of thiophene rings is 1. The molecule has 4 rings (SSSR count). The predicted octanol–water partition coefficient (Wildman–Crippen LogP) is 6.28. The first-order chi connectivity index (χ1) is 13.0. The number of hydrogen-bond acceptors (Lipinski definition) is 3. The fraction of sp³-hybridized carbons (Fsp3) is 0.364. The van der Waals surface area contributed by atoms with Crippen LogP contribution >= 0.6 is 27.3 Å². The van der Waals surface area contributed by atoms with Crippen molar-refractivity contribution in [1.29, 1.82) is 0 Å². The molecule has 3 atom stereocenters. The van der Waals surface area contributed by atoms with E-state index in [1.165, 1.54) is 12.8 Å². The predicted molar refractivity (Wildman–Crippen MR) is 116 cm³/mol. The fourth-order valence-electron chi connectivity index (χ4n) is 3.97. The van der Waals surface area contributed by atoms with Crippen LogP contribution in [0.2, 0.25) is 0 Å². The second-order valence-electron chi connectivity index (χ2n) is 7.52. The SMILES string of the molecule is CC1CCCC(NC(=O)c2cc(-c3ccc(Br)s3)nc3ccccc23)C1C. The number of fused-ring (bicyclic) bond motifs is 1. The van der Waals surface area contributed by atoms with Crippen LogP contribution in [0.4, 0.5) is 0 Å². The highest BCUT2D eigenvalue weighted by atomic mass is 79.9. The highest BCUT2D eigenvalue weighted by Gasteiger charge is 2.29. The number of amides is 1. The number of rotatable bonds is 3. The molecule has 3 nitrogen and oxygen atoms in total. The maximum atomic E-state index is 13.2. The molecule has 0 saturated heterocycles. The molecule has 1 N–H and O–H groups in total. The summed E-state index contributed by atoms with van der Waals surface area (Å²) in [6.45, 7) is 4.55. The van der Waals surface area contributed by atoms with Crippen LogP contribution in [0.25, 0.3) is 21.5 Å². The molecule has 1 aliphatic rings.